The summed E-state index contributed by atoms with van der Waals surface area (Å²) in [6, 6.07) is 0. The van der Waals surface area contributed by atoms with E-state index in [4.69, 9.17) is 0 Å². The van der Waals surface area contributed by atoms with Crippen molar-refractivity contribution < 1.29 is 0 Å². The van der Waals surface area contributed by atoms with E-state index in [-0.39, 0.29) is 0 Å². The van der Waals surface area contributed by atoms with Crippen molar-refractivity contribution in [2.24, 2.45) is 5.41 Å². The van der Waals surface area contributed by atoms with E-state index in [1.807, 2.05) is 6.08 Å². The van der Waals surface area contributed by atoms with E-state index in [9.17, 15) is 0 Å². The van der Waals surface area contributed by atoms with Gasteiger partial charge in [0, 0.05) is 0 Å². The van der Waals surface area contributed by atoms with E-state index in [1.54, 1.807) is 0 Å². The number of allylic oxidation sites excluding steroid dienone is 4. The van der Waals surface area contributed by atoms with E-state index in [2.05, 4.69) is 19.2 Å². The minimum absolute atomic E-state index is 0.575. The van der Waals surface area contributed by atoms with Crippen LogP contribution in [0.2, 0.25) is 0 Å². The fourth-order valence-electron chi connectivity index (χ4n) is 2.12. The van der Waals surface area contributed by atoms with Crippen molar-refractivity contribution in [3.63, 3.8) is 0 Å². The van der Waals surface area contributed by atoms with Crippen molar-refractivity contribution in [3.05, 3.63) is 36.5 Å². The molecule has 58 valence electrons. The maximum atomic E-state index is 4.07. The molecular formula is C11H14. The second-order valence-electron chi connectivity index (χ2n) is 3.70. The Balaban J connectivity index is 2.33. The molecule has 0 atom stereocenters. The first-order chi connectivity index (χ1) is 5.28. The summed E-state index contributed by atoms with van der Waals surface area (Å²) < 4.78 is 0. The molecule has 0 aromatic rings. The zero-order valence-corrected chi connectivity index (χ0v) is 6.90. The molecule has 11 heavy (non-hydrogen) atoms. The van der Waals surface area contributed by atoms with Gasteiger partial charge in [-0.15, -0.1) is 0 Å². The van der Waals surface area contributed by atoms with Gasteiger partial charge in [-0.3, -0.25) is 0 Å². The second-order valence-corrected chi connectivity index (χ2v) is 3.70. The number of rotatable bonds is 1. The Kier molecular flexibility index (Phi) is 1.32. The Hall–Kier alpha value is -0.780. The highest BCUT2D eigenvalue weighted by Crippen LogP contribution is 2.62. The molecule has 0 heterocycles. The van der Waals surface area contributed by atoms with Crippen LogP contribution in [0.15, 0.2) is 36.5 Å². The topological polar surface area (TPSA) is 0 Å². The van der Waals surface area contributed by atoms with Crippen molar-refractivity contribution >= 4 is 0 Å². The molecule has 0 amide bonds. The molecule has 0 aromatic heterocycles. The summed E-state index contributed by atoms with van der Waals surface area (Å²) in [5, 5.41) is 0. The molecule has 2 saturated carbocycles. The van der Waals surface area contributed by atoms with Crippen molar-refractivity contribution in [2.45, 2.75) is 25.7 Å². The predicted octanol–water partition coefficient (Wildman–Crippen LogP) is 3.23. The molecule has 0 heteroatoms. The van der Waals surface area contributed by atoms with Crippen LogP contribution < -0.4 is 0 Å². The molecule has 0 N–H and O–H groups in total. The lowest BCUT2D eigenvalue weighted by Gasteiger charge is -2.06. The molecular weight excluding hydrogens is 132 g/mol. The standard InChI is InChI=1S/C11H14/c1-3-4-10-9(2)5-6-11(10)7-8-11/h3-4H,1-2,5-8H2/b10-4+. The Labute approximate surface area is 68.3 Å². The summed E-state index contributed by atoms with van der Waals surface area (Å²) in [5.74, 6) is 0. The van der Waals surface area contributed by atoms with Crippen LogP contribution in [-0.2, 0) is 0 Å². The van der Waals surface area contributed by atoms with Gasteiger partial charge in [-0.1, -0.05) is 30.9 Å². The zero-order chi connectivity index (χ0) is 7.90. The Morgan fingerprint density at radius 1 is 1.27 bits per heavy atom. The first-order valence-electron chi connectivity index (χ1n) is 4.30. The monoisotopic (exact) mass is 146 g/mol. The van der Waals surface area contributed by atoms with E-state index in [0.717, 1.165) is 0 Å². The molecule has 2 aliphatic carbocycles. The van der Waals surface area contributed by atoms with Crippen LogP contribution in [0.3, 0.4) is 0 Å². The fraction of sp³-hybridized carbons (Fsp3) is 0.455. The molecule has 2 rings (SSSR count). The van der Waals surface area contributed by atoms with Crippen molar-refractivity contribution in [3.8, 4) is 0 Å². The third-order valence-electron chi connectivity index (χ3n) is 3.00. The summed E-state index contributed by atoms with van der Waals surface area (Å²) >= 11 is 0. The van der Waals surface area contributed by atoms with Gasteiger partial charge in [0.05, 0.1) is 0 Å². The Bertz CT molecular complexity index is 239. The van der Waals surface area contributed by atoms with Gasteiger partial charge in [0.2, 0.25) is 0 Å². The quantitative estimate of drug-likeness (QED) is 0.532. The van der Waals surface area contributed by atoms with Gasteiger partial charge >= 0.3 is 0 Å². The van der Waals surface area contributed by atoms with Gasteiger partial charge in [-0.2, -0.15) is 0 Å². The van der Waals surface area contributed by atoms with Crippen molar-refractivity contribution in [1.82, 2.24) is 0 Å². The largest absolute Gasteiger partial charge is 0.0991 e. The van der Waals surface area contributed by atoms with Crippen LogP contribution in [-0.4, -0.2) is 0 Å². The third kappa shape index (κ3) is 0.891. The summed E-state index contributed by atoms with van der Waals surface area (Å²) in [6.07, 6.45) is 9.36. The predicted molar refractivity (Wildman–Crippen MR) is 48.3 cm³/mol. The van der Waals surface area contributed by atoms with E-state index in [1.165, 1.54) is 36.8 Å². The average molecular weight is 146 g/mol. The molecule has 0 saturated heterocycles. The van der Waals surface area contributed by atoms with E-state index < -0.39 is 0 Å². The lowest BCUT2D eigenvalue weighted by atomic mass is 9.98. The van der Waals surface area contributed by atoms with Gasteiger partial charge in [0.1, 0.15) is 0 Å². The second kappa shape index (κ2) is 2.10. The summed E-state index contributed by atoms with van der Waals surface area (Å²) in [6.45, 7) is 7.81. The summed E-state index contributed by atoms with van der Waals surface area (Å²) in [7, 11) is 0. The minimum atomic E-state index is 0.575. The van der Waals surface area contributed by atoms with Gasteiger partial charge in [0.15, 0.2) is 0 Å². The third-order valence-corrected chi connectivity index (χ3v) is 3.00. The molecule has 0 aromatic carbocycles. The maximum Gasteiger partial charge on any atom is -0.00407 e. The summed E-state index contributed by atoms with van der Waals surface area (Å²) in [5.41, 5.74) is 3.42. The molecule has 0 radical (unpaired) electrons. The lowest BCUT2D eigenvalue weighted by Crippen LogP contribution is -1.94. The summed E-state index contributed by atoms with van der Waals surface area (Å²) in [4.78, 5) is 0. The average Bonchev–Trinajstić information content (AvgIpc) is 2.70. The van der Waals surface area contributed by atoms with Gasteiger partial charge in [-0.05, 0) is 36.7 Å². The van der Waals surface area contributed by atoms with Crippen molar-refractivity contribution in [1.29, 1.82) is 0 Å². The maximum absolute atomic E-state index is 4.07. The van der Waals surface area contributed by atoms with Crippen LogP contribution in [0.5, 0.6) is 0 Å². The highest BCUT2D eigenvalue weighted by atomic mass is 14.5. The highest BCUT2D eigenvalue weighted by Gasteiger charge is 2.49. The van der Waals surface area contributed by atoms with Gasteiger partial charge in [-0.25, -0.2) is 0 Å². The minimum Gasteiger partial charge on any atom is -0.0991 e. The van der Waals surface area contributed by atoms with E-state index >= 15 is 0 Å². The molecule has 0 unspecified atom stereocenters. The highest BCUT2D eigenvalue weighted by molar-refractivity contribution is 5.45. The SMILES string of the molecule is C=C/C=C1\C(=C)CCC12CC2. The van der Waals surface area contributed by atoms with E-state index in [0.29, 0.717) is 5.41 Å². The Morgan fingerprint density at radius 2 is 2.00 bits per heavy atom. The van der Waals surface area contributed by atoms with Crippen LogP contribution >= 0.6 is 0 Å². The normalized spacial score (nSPS) is 29.8. The van der Waals surface area contributed by atoms with Crippen LogP contribution in [0, 0.1) is 5.41 Å². The zero-order valence-electron chi connectivity index (χ0n) is 6.90. The van der Waals surface area contributed by atoms with Crippen LogP contribution in [0.25, 0.3) is 0 Å². The molecule has 0 aliphatic heterocycles. The molecule has 1 spiro atoms. The van der Waals surface area contributed by atoms with Gasteiger partial charge in [0.25, 0.3) is 0 Å². The fourth-order valence-corrected chi connectivity index (χ4v) is 2.12. The van der Waals surface area contributed by atoms with Crippen LogP contribution in [0.4, 0.5) is 0 Å². The number of hydrogen-bond acceptors (Lipinski definition) is 0. The molecule has 2 aliphatic rings. The van der Waals surface area contributed by atoms with Crippen molar-refractivity contribution in [2.75, 3.05) is 0 Å². The van der Waals surface area contributed by atoms with Gasteiger partial charge < -0.3 is 0 Å². The first-order valence-corrected chi connectivity index (χ1v) is 4.30. The number of hydrogen-bond donors (Lipinski definition) is 0. The molecule has 2 fully saturated rings. The molecule has 0 bridgehead atoms. The smallest absolute Gasteiger partial charge is 0.00407 e. The lowest BCUT2D eigenvalue weighted by molar-refractivity contribution is 0.625. The molecule has 0 nitrogen and oxygen atoms in total. The first kappa shape index (κ1) is 6.90. The van der Waals surface area contributed by atoms with Crippen LogP contribution in [0.1, 0.15) is 25.7 Å². The Morgan fingerprint density at radius 3 is 2.55 bits per heavy atom.